The van der Waals surface area contributed by atoms with Crippen LogP contribution in [0.4, 0.5) is 0 Å². The maximum absolute atomic E-state index is 6.38. The summed E-state index contributed by atoms with van der Waals surface area (Å²) >= 11 is 8.07. The van der Waals surface area contributed by atoms with E-state index in [1.807, 2.05) is 24.3 Å². The number of aryl methyl sites for hydroxylation is 1. The second kappa shape index (κ2) is 5.30. The number of nitrogens with zero attached hydrogens (tertiary/aromatic N) is 5. The number of tetrazole rings is 1. The van der Waals surface area contributed by atoms with Crippen LogP contribution in [0.1, 0.15) is 28.8 Å². The van der Waals surface area contributed by atoms with E-state index in [0.29, 0.717) is 11.6 Å². The van der Waals surface area contributed by atoms with Gasteiger partial charge in [-0.25, -0.2) is 0 Å². The van der Waals surface area contributed by atoms with Gasteiger partial charge in [0.15, 0.2) is 5.82 Å². The van der Waals surface area contributed by atoms with Crippen LogP contribution < -0.4 is 0 Å². The molecular formula is C15H12ClN5S. The Kier molecular flexibility index (Phi) is 3.28. The van der Waals surface area contributed by atoms with Crippen LogP contribution in [0, 0.1) is 0 Å². The third-order valence-corrected chi connectivity index (χ3v) is 5.19. The van der Waals surface area contributed by atoms with Crippen molar-refractivity contribution in [1.82, 2.24) is 20.2 Å². The molecule has 0 amide bonds. The van der Waals surface area contributed by atoms with Crippen molar-refractivity contribution in [1.29, 1.82) is 0 Å². The average molecular weight is 330 g/mol. The van der Waals surface area contributed by atoms with E-state index in [0.717, 1.165) is 34.1 Å². The van der Waals surface area contributed by atoms with Crippen LogP contribution in [-0.2, 0) is 13.0 Å². The van der Waals surface area contributed by atoms with Crippen LogP contribution in [0.2, 0.25) is 5.02 Å². The molecule has 3 aromatic rings. The second-order valence-corrected chi connectivity index (χ2v) is 6.46. The summed E-state index contributed by atoms with van der Waals surface area (Å²) in [6.07, 6.45) is 0.963. The molecule has 110 valence electrons. The number of benzene rings is 1. The van der Waals surface area contributed by atoms with Gasteiger partial charge >= 0.3 is 0 Å². The maximum Gasteiger partial charge on any atom is 0.179 e. The monoisotopic (exact) mass is 329 g/mol. The minimum atomic E-state index is 0.441. The first-order chi connectivity index (χ1) is 10.8. The molecule has 4 rings (SSSR count). The molecular weight excluding hydrogens is 318 g/mol. The molecule has 0 spiro atoms. The fraction of sp³-hybridized carbons (Fsp3) is 0.200. The van der Waals surface area contributed by atoms with E-state index in [1.54, 1.807) is 16.0 Å². The molecule has 0 unspecified atom stereocenters. The Bertz CT molecular complexity index is 880. The number of hydrogen-bond donors (Lipinski definition) is 0. The quantitative estimate of drug-likeness (QED) is 0.725. The van der Waals surface area contributed by atoms with Gasteiger partial charge in [0.2, 0.25) is 0 Å². The first kappa shape index (κ1) is 13.6. The van der Waals surface area contributed by atoms with E-state index in [-0.39, 0.29) is 0 Å². The van der Waals surface area contributed by atoms with Crippen LogP contribution in [0.5, 0.6) is 0 Å². The molecule has 0 N–H and O–H groups in total. The van der Waals surface area contributed by atoms with Gasteiger partial charge in [-0.15, -0.1) is 16.4 Å². The summed E-state index contributed by atoms with van der Waals surface area (Å²) in [5.41, 5.74) is 2.87. The summed E-state index contributed by atoms with van der Waals surface area (Å²) in [6, 6.07) is 9.94. The zero-order valence-corrected chi connectivity index (χ0v) is 13.4. The number of rotatable bonds is 2. The van der Waals surface area contributed by atoms with Crippen LogP contribution in [0.15, 0.2) is 35.3 Å². The SMILES string of the molecule is CCc1cc2c(s1)-n1nnnc1CN=C2c1ccccc1Cl. The van der Waals surface area contributed by atoms with Crippen molar-refractivity contribution >= 4 is 28.6 Å². The highest BCUT2D eigenvalue weighted by atomic mass is 35.5. The predicted molar refractivity (Wildman–Crippen MR) is 87.2 cm³/mol. The molecule has 2 aromatic heterocycles. The van der Waals surface area contributed by atoms with Crippen molar-refractivity contribution in [3.8, 4) is 5.00 Å². The van der Waals surface area contributed by atoms with Crippen LogP contribution in [0.3, 0.4) is 0 Å². The number of aliphatic imine (C=N–C) groups is 1. The summed E-state index contributed by atoms with van der Waals surface area (Å²) in [5, 5.41) is 13.7. The van der Waals surface area contributed by atoms with Gasteiger partial charge < -0.3 is 0 Å². The van der Waals surface area contributed by atoms with Crippen molar-refractivity contribution in [2.24, 2.45) is 4.99 Å². The number of fused-ring (bicyclic) bond motifs is 3. The molecule has 0 radical (unpaired) electrons. The summed E-state index contributed by atoms with van der Waals surface area (Å²) in [4.78, 5) is 6.00. The zero-order valence-electron chi connectivity index (χ0n) is 11.8. The Labute approximate surface area is 136 Å². The summed E-state index contributed by atoms with van der Waals surface area (Å²) in [6.45, 7) is 2.58. The van der Waals surface area contributed by atoms with Gasteiger partial charge in [0.1, 0.15) is 11.5 Å². The Hall–Kier alpha value is -2.05. The van der Waals surface area contributed by atoms with E-state index in [4.69, 9.17) is 16.6 Å². The molecule has 1 aliphatic heterocycles. The molecule has 5 nitrogen and oxygen atoms in total. The Balaban J connectivity index is 1.97. The molecule has 0 saturated heterocycles. The zero-order chi connectivity index (χ0) is 15.1. The number of halogens is 1. The fourth-order valence-corrected chi connectivity index (χ4v) is 3.80. The van der Waals surface area contributed by atoms with E-state index in [2.05, 4.69) is 28.5 Å². The molecule has 0 aliphatic carbocycles. The van der Waals surface area contributed by atoms with Gasteiger partial charge in [-0.1, -0.05) is 36.7 Å². The molecule has 1 aliphatic rings. The van der Waals surface area contributed by atoms with Gasteiger partial charge in [-0.05, 0) is 29.0 Å². The molecule has 1 aromatic carbocycles. The second-order valence-electron chi connectivity index (χ2n) is 4.94. The van der Waals surface area contributed by atoms with Gasteiger partial charge in [0, 0.05) is 21.0 Å². The first-order valence-corrected chi connectivity index (χ1v) is 8.17. The highest BCUT2D eigenvalue weighted by Crippen LogP contribution is 2.33. The number of aromatic nitrogens is 4. The lowest BCUT2D eigenvalue weighted by molar-refractivity contribution is 0.776. The Morgan fingerprint density at radius 1 is 1.27 bits per heavy atom. The molecule has 7 heteroatoms. The van der Waals surface area contributed by atoms with Crippen molar-refractivity contribution in [3.05, 3.63) is 57.2 Å². The van der Waals surface area contributed by atoms with Gasteiger partial charge in [0.25, 0.3) is 0 Å². The number of hydrogen-bond acceptors (Lipinski definition) is 5. The maximum atomic E-state index is 6.38. The topological polar surface area (TPSA) is 56.0 Å². The molecule has 3 heterocycles. The standard InChI is InChI=1S/C15H12ClN5S/c1-2-9-7-11-14(10-5-3-4-6-12(10)16)17-8-13-18-19-20-21(13)15(11)22-9/h3-7H,2,8H2,1H3. The first-order valence-electron chi connectivity index (χ1n) is 6.98. The van der Waals surface area contributed by atoms with Crippen LogP contribution >= 0.6 is 22.9 Å². The van der Waals surface area contributed by atoms with E-state index in [1.165, 1.54) is 4.88 Å². The smallest absolute Gasteiger partial charge is 0.179 e. The predicted octanol–water partition coefficient (Wildman–Crippen LogP) is 3.29. The van der Waals surface area contributed by atoms with Crippen molar-refractivity contribution in [3.63, 3.8) is 0 Å². The molecule has 0 fully saturated rings. The number of thiophene rings is 1. The lowest BCUT2D eigenvalue weighted by Crippen LogP contribution is -2.05. The molecule has 0 bridgehead atoms. The third-order valence-electron chi connectivity index (χ3n) is 3.60. The highest BCUT2D eigenvalue weighted by Gasteiger charge is 2.24. The minimum absolute atomic E-state index is 0.441. The lowest BCUT2D eigenvalue weighted by atomic mass is 10.0. The average Bonchev–Trinajstić information content (AvgIpc) is 3.13. The summed E-state index contributed by atoms with van der Waals surface area (Å²) < 4.78 is 1.78. The molecule has 0 atom stereocenters. The van der Waals surface area contributed by atoms with E-state index >= 15 is 0 Å². The van der Waals surface area contributed by atoms with Crippen molar-refractivity contribution < 1.29 is 0 Å². The minimum Gasteiger partial charge on any atom is -0.276 e. The van der Waals surface area contributed by atoms with Gasteiger partial charge in [-0.3, -0.25) is 4.99 Å². The molecule has 22 heavy (non-hydrogen) atoms. The third kappa shape index (κ3) is 2.07. The summed E-state index contributed by atoms with van der Waals surface area (Å²) in [5.74, 6) is 0.743. The van der Waals surface area contributed by atoms with Gasteiger partial charge in [-0.2, -0.15) is 4.68 Å². The van der Waals surface area contributed by atoms with E-state index in [9.17, 15) is 0 Å². The Morgan fingerprint density at radius 2 is 2.14 bits per heavy atom. The van der Waals surface area contributed by atoms with Gasteiger partial charge in [0.05, 0.1) is 5.71 Å². The lowest BCUT2D eigenvalue weighted by Gasteiger charge is -2.07. The van der Waals surface area contributed by atoms with Crippen LogP contribution in [-0.4, -0.2) is 25.9 Å². The largest absolute Gasteiger partial charge is 0.276 e. The summed E-state index contributed by atoms with van der Waals surface area (Å²) in [7, 11) is 0. The van der Waals surface area contributed by atoms with Crippen molar-refractivity contribution in [2.45, 2.75) is 19.9 Å². The Morgan fingerprint density at radius 3 is 2.95 bits per heavy atom. The normalized spacial score (nSPS) is 13.3. The van der Waals surface area contributed by atoms with Crippen LogP contribution in [0.25, 0.3) is 5.00 Å². The molecule has 0 saturated carbocycles. The fourth-order valence-electron chi connectivity index (χ4n) is 2.51. The van der Waals surface area contributed by atoms with E-state index < -0.39 is 0 Å². The highest BCUT2D eigenvalue weighted by molar-refractivity contribution is 7.15. The van der Waals surface area contributed by atoms with Crippen molar-refractivity contribution in [2.75, 3.05) is 0 Å².